The third kappa shape index (κ3) is 4.08. The van der Waals surface area contributed by atoms with Crippen LogP contribution in [-0.2, 0) is 0 Å². The SMILES string of the molecule is CSCCNc1ccc(I)c(Br)c1. The van der Waals surface area contributed by atoms with E-state index in [1.54, 1.807) is 0 Å². The molecule has 0 fully saturated rings. The summed E-state index contributed by atoms with van der Waals surface area (Å²) >= 11 is 7.66. The van der Waals surface area contributed by atoms with Gasteiger partial charge in [0, 0.05) is 26.0 Å². The van der Waals surface area contributed by atoms with E-state index in [0.717, 1.165) is 16.8 Å². The molecule has 0 radical (unpaired) electrons. The maximum Gasteiger partial charge on any atom is 0.0352 e. The van der Waals surface area contributed by atoms with E-state index in [-0.39, 0.29) is 0 Å². The van der Waals surface area contributed by atoms with E-state index in [0.29, 0.717) is 0 Å². The normalized spacial score (nSPS) is 10.1. The van der Waals surface area contributed by atoms with Crippen molar-refractivity contribution in [1.82, 2.24) is 0 Å². The van der Waals surface area contributed by atoms with Gasteiger partial charge in [-0.05, 0) is 63.0 Å². The Labute approximate surface area is 105 Å². The summed E-state index contributed by atoms with van der Waals surface area (Å²) in [5.41, 5.74) is 1.18. The van der Waals surface area contributed by atoms with E-state index in [1.165, 1.54) is 9.26 Å². The third-order valence-corrected chi connectivity index (χ3v) is 4.51. The Morgan fingerprint density at radius 3 is 2.92 bits per heavy atom. The van der Waals surface area contributed by atoms with Crippen LogP contribution in [0.15, 0.2) is 22.7 Å². The number of nitrogens with one attached hydrogen (secondary N) is 1. The molecule has 0 aromatic heterocycles. The minimum atomic E-state index is 1.02. The molecule has 0 aliphatic rings. The first-order valence-corrected chi connectivity index (χ1v) is 7.18. The van der Waals surface area contributed by atoms with Gasteiger partial charge in [0.15, 0.2) is 0 Å². The van der Waals surface area contributed by atoms with Gasteiger partial charge in [0.05, 0.1) is 0 Å². The summed E-state index contributed by atoms with van der Waals surface area (Å²) in [6.45, 7) is 1.02. The zero-order valence-electron chi connectivity index (χ0n) is 7.31. The van der Waals surface area contributed by atoms with Crippen molar-refractivity contribution >= 4 is 56.0 Å². The first kappa shape index (κ1) is 11.7. The maximum atomic E-state index is 3.50. The number of halogens is 2. The summed E-state index contributed by atoms with van der Waals surface area (Å²) in [4.78, 5) is 0. The lowest BCUT2D eigenvalue weighted by atomic mass is 10.3. The quantitative estimate of drug-likeness (QED) is 0.637. The van der Waals surface area contributed by atoms with Crippen LogP contribution in [0.2, 0.25) is 0 Å². The van der Waals surface area contributed by atoms with Gasteiger partial charge in [-0.2, -0.15) is 11.8 Å². The predicted molar refractivity (Wildman–Crippen MR) is 73.7 cm³/mol. The van der Waals surface area contributed by atoms with Crippen molar-refractivity contribution in [2.75, 3.05) is 23.9 Å². The molecule has 1 rings (SSSR count). The van der Waals surface area contributed by atoms with Crippen molar-refractivity contribution in [3.8, 4) is 0 Å². The Kier molecular flexibility index (Phi) is 5.50. The first-order chi connectivity index (χ1) is 6.24. The van der Waals surface area contributed by atoms with Gasteiger partial charge < -0.3 is 5.32 Å². The van der Waals surface area contributed by atoms with Crippen LogP contribution in [0.25, 0.3) is 0 Å². The second-order valence-electron chi connectivity index (χ2n) is 2.55. The molecule has 0 unspecified atom stereocenters. The molecule has 0 saturated heterocycles. The van der Waals surface area contributed by atoms with Crippen LogP contribution in [-0.4, -0.2) is 18.6 Å². The Bertz CT molecular complexity index is 280. The molecule has 1 aromatic carbocycles. The molecule has 0 saturated carbocycles. The highest BCUT2D eigenvalue weighted by atomic mass is 127. The van der Waals surface area contributed by atoms with Gasteiger partial charge in [-0.25, -0.2) is 0 Å². The van der Waals surface area contributed by atoms with Crippen molar-refractivity contribution in [2.45, 2.75) is 0 Å². The minimum Gasteiger partial charge on any atom is -0.384 e. The lowest BCUT2D eigenvalue weighted by Crippen LogP contribution is -2.03. The average Bonchev–Trinajstić information content (AvgIpc) is 2.12. The highest BCUT2D eigenvalue weighted by Crippen LogP contribution is 2.22. The van der Waals surface area contributed by atoms with Crippen molar-refractivity contribution < 1.29 is 0 Å². The molecule has 0 bridgehead atoms. The summed E-state index contributed by atoms with van der Waals surface area (Å²) < 4.78 is 2.40. The fraction of sp³-hybridized carbons (Fsp3) is 0.333. The van der Waals surface area contributed by atoms with Gasteiger partial charge in [-0.3, -0.25) is 0 Å². The number of benzene rings is 1. The summed E-state index contributed by atoms with van der Waals surface area (Å²) in [5.74, 6) is 1.14. The summed E-state index contributed by atoms with van der Waals surface area (Å²) in [7, 11) is 0. The molecule has 1 N–H and O–H groups in total. The van der Waals surface area contributed by atoms with Gasteiger partial charge in [-0.15, -0.1) is 0 Å². The Balaban J connectivity index is 2.53. The number of hydrogen-bond acceptors (Lipinski definition) is 2. The van der Waals surface area contributed by atoms with E-state index in [9.17, 15) is 0 Å². The van der Waals surface area contributed by atoms with Gasteiger partial charge >= 0.3 is 0 Å². The maximum absolute atomic E-state index is 3.50. The van der Waals surface area contributed by atoms with Crippen LogP contribution >= 0.6 is 50.3 Å². The lowest BCUT2D eigenvalue weighted by molar-refractivity contribution is 1.23. The molecule has 1 aromatic rings. The van der Waals surface area contributed by atoms with E-state index in [2.05, 4.69) is 68.3 Å². The Morgan fingerprint density at radius 2 is 2.31 bits per heavy atom. The largest absolute Gasteiger partial charge is 0.384 e. The molecular weight excluding hydrogens is 361 g/mol. The number of hydrogen-bond donors (Lipinski definition) is 1. The molecule has 0 heterocycles. The first-order valence-electron chi connectivity index (χ1n) is 3.92. The van der Waals surface area contributed by atoms with E-state index in [4.69, 9.17) is 0 Å². The fourth-order valence-electron chi connectivity index (χ4n) is 0.904. The topological polar surface area (TPSA) is 12.0 Å². The lowest BCUT2D eigenvalue weighted by Gasteiger charge is -2.06. The predicted octanol–water partition coefficient (Wildman–Crippen LogP) is 3.83. The standard InChI is InChI=1S/C9H11BrINS/c1-13-5-4-12-7-2-3-9(11)8(10)6-7/h2-3,6,12H,4-5H2,1H3. The van der Waals surface area contributed by atoms with Gasteiger partial charge in [-0.1, -0.05) is 0 Å². The summed E-state index contributed by atoms with van der Waals surface area (Å²) in [6.07, 6.45) is 2.12. The Morgan fingerprint density at radius 1 is 1.54 bits per heavy atom. The molecule has 0 atom stereocenters. The number of anilines is 1. The zero-order valence-corrected chi connectivity index (χ0v) is 11.9. The van der Waals surface area contributed by atoms with Crippen LogP contribution in [0.3, 0.4) is 0 Å². The Hall–Kier alpha value is 0.580. The number of thioether (sulfide) groups is 1. The summed E-state index contributed by atoms with van der Waals surface area (Å²) in [6, 6.07) is 6.32. The van der Waals surface area contributed by atoms with Gasteiger partial charge in [0.25, 0.3) is 0 Å². The van der Waals surface area contributed by atoms with Crippen molar-refractivity contribution in [1.29, 1.82) is 0 Å². The zero-order chi connectivity index (χ0) is 9.68. The molecule has 13 heavy (non-hydrogen) atoms. The van der Waals surface area contributed by atoms with Gasteiger partial charge in [0.1, 0.15) is 0 Å². The molecule has 72 valence electrons. The second-order valence-corrected chi connectivity index (χ2v) is 5.55. The molecule has 0 amide bonds. The summed E-state index contributed by atoms with van der Waals surface area (Å²) in [5, 5.41) is 3.36. The van der Waals surface area contributed by atoms with Gasteiger partial charge in [0.2, 0.25) is 0 Å². The molecular formula is C9H11BrINS. The minimum absolute atomic E-state index is 1.02. The molecule has 0 aliphatic heterocycles. The average molecular weight is 372 g/mol. The van der Waals surface area contributed by atoms with Crippen LogP contribution in [0.5, 0.6) is 0 Å². The van der Waals surface area contributed by atoms with E-state index < -0.39 is 0 Å². The van der Waals surface area contributed by atoms with Crippen molar-refractivity contribution in [3.63, 3.8) is 0 Å². The smallest absolute Gasteiger partial charge is 0.0352 e. The molecule has 1 nitrogen and oxygen atoms in total. The monoisotopic (exact) mass is 371 g/mol. The fourth-order valence-corrected chi connectivity index (χ4v) is 1.92. The van der Waals surface area contributed by atoms with Crippen molar-refractivity contribution in [2.24, 2.45) is 0 Å². The molecule has 0 aliphatic carbocycles. The highest BCUT2D eigenvalue weighted by molar-refractivity contribution is 14.1. The van der Waals surface area contributed by atoms with E-state index >= 15 is 0 Å². The molecule has 4 heteroatoms. The van der Waals surface area contributed by atoms with Crippen LogP contribution in [0.4, 0.5) is 5.69 Å². The van der Waals surface area contributed by atoms with Crippen LogP contribution in [0, 0.1) is 3.57 Å². The van der Waals surface area contributed by atoms with E-state index in [1.807, 2.05) is 11.8 Å². The highest BCUT2D eigenvalue weighted by Gasteiger charge is 1.97. The number of rotatable bonds is 4. The van der Waals surface area contributed by atoms with Crippen LogP contribution in [0.1, 0.15) is 0 Å². The van der Waals surface area contributed by atoms with Crippen LogP contribution < -0.4 is 5.32 Å². The second kappa shape index (κ2) is 6.14. The van der Waals surface area contributed by atoms with Crippen molar-refractivity contribution in [3.05, 3.63) is 26.2 Å². The third-order valence-electron chi connectivity index (χ3n) is 1.55. The molecule has 0 spiro atoms.